The molecule has 0 saturated carbocycles. The maximum absolute atomic E-state index is 11.2. The van der Waals surface area contributed by atoms with Crippen LogP contribution in [0.2, 0.25) is 0 Å². The third kappa shape index (κ3) is 4.47. The van der Waals surface area contributed by atoms with E-state index < -0.39 is 12.0 Å². The first kappa shape index (κ1) is 13.6. The van der Waals surface area contributed by atoms with Crippen LogP contribution in [0.3, 0.4) is 0 Å². The third-order valence-electron chi connectivity index (χ3n) is 1.88. The van der Waals surface area contributed by atoms with Crippen molar-refractivity contribution in [3.05, 3.63) is 27.8 Å². The molecule has 0 aromatic heterocycles. The standard InChI is InChI=1S/C10H12IN3O3/c1-12-10(17)13-14(6-9(15)16)8-4-2-3-7(11)5-8/h2-5H,6H2,1H3,(H,15,16)(H2,12,13,17). The molecule has 2 amide bonds. The zero-order valence-corrected chi connectivity index (χ0v) is 11.3. The van der Waals surface area contributed by atoms with E-state index in [-0.39, 0.29) is 6.54 Å². The monoisotopic (exact) mass is 349 g/mol. The van der Waals surface area contributed by atoms with Gasteiger partial charge in [-0.2, -0.15) is 0 Å². The molecule has 0 aliphatic heterocycles. The molecular weight excluding hydrogens is 337 g/mol. The van der Waals surface area contributed by atoms with Crippen molar-refractivity contribution in [2.45, 2.75) is 0 Å². The van der Waals surface area contributed by atoms with E-state index in [1.165, 1.54) is 12.1 Å². The third-order valence-corrected chi connectivity index (χ3v) is 2.55. The van der Waals surface area contributed by atoms with E-state index in [0.29, 0.717) is 5.69 Å². The molecule has 92 valence electrons. The predicted molar refractivity (Wildman–Crippen MR) is 71.7 cm³/mol. The molecule has 1 rings (SSSR count). The molecule has 0 spiro atoms. The van der Waals surface area contributed by atoms with Gasteiger partial charge in [-0.25, -0.2) is 10.2 Å². The molecule has 17 heavy (non-hydrogen) atoms. The molecule has 0 bridgehead atoms. The minimum atomic E-state index is -1.03. The number of rotatable bonds is 4. The molecule has 0 aliphatic rings. The number of carbonyl (C=O) groups is 2. The highest BCUT2D eigenvalue weighted by atomic mass is 127. The zero-order chi connectivity index (χ0) is 12.8. The first-order valence-electron chi connectivity index (χ1n) is 4.76. The molecule has 0 fully saturated rings. The maximum Gasteiger partial charge on any atom is 0.333 e. The normalized spacial score (nSPS) is 9.53. The lowest BCUT2D eigenvalue weighted by Crippen LogP contribution is -2.48. The topological polar surface area (TPSA) is 81.7 Å². The highest BCUT2D eigenvalue weighted by Crippen LogP contribution is 2.15. The summed E-state index contributed by atoms with van der Waals surface area (Å²) in [5.41, 5.74) is 3.05. The number of benzene rings is 1. The van der Waals surface area contributed by atoms with E-state index in [4.69, 9.17) is 5.11 Å². The van der Waals surface area contributed by atoms with Gasteiger partial charge in [0.25, 0.3) is 0 Å². The summed E-state index contributed by atoms with van der Waals surface area (Å²) in [7, 11) is 1.46. The Hall–Kier alpha value is -1.51. The van der Waals surface area contributed by atoms with Gasteiger partial charge in [0.2, 0.25) is 0 Å². The molecule has 3 N–H and O–H groups in total. The molecule has 0 heterocycles. The van der Waals surface area contributed by atoms with Crippen molar-refractivity contribution in [1.82, 2.24) is 10.7 Å². The van der Waals surface area contributed by atoms with Crippen LogP contribution in [0.1, 0.15) is 0 Å². The van der Waals surface area contributed by atoms with E-state index in [0.717, 1.165) is 3.57 Å². The lowest BCUT2D eigenvalue weighted by atomic mass is 10.3. The van der Waals surface area contributed by atoms with Gasteiger partial charge in [-0.3, -0.25) is 9.80 Å². The van der Waals surface area contributed by atoms with Crippen LogP contribution in [0.4, 0.5) is 10.5 Å². The summed E-state index contributed by atoms with van der Waals surface area (Å²) in [4.78, 5) is 21.9. The highest BCUT2D eigenvalue weighted by molar-refractivity contribution is 14.1. The lowest BCUT2D eigenvalue weighted by molar-refractivity contribution is -0.135. The first-order valence-corrected chi connectivity index (χ1v) is 5.84. The highest BCUT2D eigenvalue weighted by Gasteiger charge is 2.13. The van der Waals surface area contributed by atoms with Crippen LogP contribution in [0, 0.1) is 3.57 Å². The predicted octanol–water partition coefficient (Wildman–Crippen LogP) is 1.03. The van der Waals surface area contributed by atoms with Crippen LogP contribution in [-0.2, 0) is 4.79 Å². The summed E-state index contributed by atoms with van der Waals surface area (Å²) in [5, 5.41) is 12.4. The smallest absolute Gasteiger partial charge is 0.333 e. The summed E-state index contributed by atoms with van der Waals surface area (Å²) in [5.74, 6) is -1.03. The Morgan fingerprint density at radius 2 is 2.18 bits per heavy atom. The van der Waals surface area contributed by atoms with Gasteiger partial charge in [-0.15, -0.1) is 0 Å². The number of carbonyl (C=O) groups excluding carboxylic acids is 1. The van der Waals surface area contributed by atoms with Crippen molar-refractivity contribution >= 4 is 40.3 Å². The average Bonchev–Trinajstić information content (AvgIpc) is 2.27. The second-order valence-corrected chi connectivity index (χ2v) is 4.40. The van der Waals surface area contributed by atoms with Crippen LogP contribution < -0.4 is 15.8 Å². The van der Waals surface area contributed by atoms with E-state index >= 15 is 0 Å². The quantitative estimate of drug-likeness (QED) is 0.560. The first-order chi connectivity index (χ1) is 8.02. The molecule has 0 radical (unpaired) electrons. The van der Waals surface area contributed by atoms with Crippen molar-refractivity contribution in [3.8, 4) is 0 Å². The molecule has 0 aliphatic carbocycles. The van der Waals surface area contributed by atoms with Crippen LogP contribution in [-0.4, -0.2) is 30.7 Å². The number of anilines is 1. The van der Waals surface area contributed by atoms with Crippen molar-refractivity contribution in [3.63, 3.8) is 0 Å². The van der Waals surface area contributed by atoms with Gasteiger partial charge in [-0.05, 0) is 40.8 Å². The van der Waals surface area contributed by atoms with Gasteiger partial charge in [0.1, 0.15) is 6.54 Å². The number of halogens is 1. The van der Waals surface area contributed by atoms with E-state index in [2.05, 4.69) is 33.3 Å². The molecule has 0 unspecified atom stereocenters. The molecule has 1 aromatic rings. The number of nitrogens with one attached hydrogen (secondary N) is 2. The Bertz CT molecular complexity index is 425. The van der Waals surface area contributed by atoms with E-state index in [1.807, 2.05) is 6.07 Å². The summed E-state index contributed by atoms with van der Waals surface area (Å²) in [6, 6.07) is 6.70. The van der Waals surface area contributed by atoms with Crippen molar-refractivity contribution in [2.24, 2.45) is 0 Å². The average molecular weight is 349 g/mol. The Labute approximate surface area is 112 Å². The Balaban J connectivity index is 2.89. The Morgan fingerprint density at radius 3 is 2.71 bits per heavy atom. The molecule has 7 heteroatoms. The van der Waals surface area contributed by atoms with Crippen molar-refractivity contribution in [1.29, 1.82) is 0 Å². The fourth-order valence-corrected chi connectivity index (χ4v) is 1.68. The van der Waals surface area contributed by atoms with Gasteiger partial charge in [0.05, 0.1) is 5.69 Å². The fourth-order valence-electron chi connectivity index (χ4n) is 1.15. The summed E-state index contributed by atoms with van der Waals surface area (Å²) < 4.78 is 0.953. The fraction of sp³-hybridized carbons (Fsp3) is 0.200. The number of hydrogen-bond acceptors (Lipinski definition) is 3. The largest absolute Gasteiger partial charge is 0.480 e. The lowest BCUT2D eigenvalue weighted by Gasteiger charge is -2.23. The van der Waals surface area contributed by atoms with E-state index in [1.54, 1.807) is 18.2 Å². The van der Waals surface area contributed by atoms with Crippen LogP contribution in [0.15, 0.2) is 24.3 Å². The molecule has 0 atom stereocenters. The summed E-state index contributed by atoms with van der Waals surface area (Å²) >= 11 is 2.11. The number of hydrazine groups is 1. The summed E-state index contributed by atoms with van der Waals surface area (Å²) in [6.07, 6.45) is 0. The second-order valence-electron chi connectivity index (χ2n) is 3.15. The summed E-state index contributed by atoms with van der Waals surface area (Å²) in [6.45, 7) is -0.312. The number of hydrogen-bond donors (Lipinski definition) is 3. The molecule has 0 saturated heterocycles. The zero-order valence-electron chi connectivity index (χ0n) is 9.11. The number of aliphatic carboxylic acids is 1. The number of amides is 2. The van der Waals surface area contributed by atoms with Gasteiger partial charge >= 0.3 is 12.0 Å². The number of carboxylic acid groups (broad SMARTS) is 1. The van der Waals surface area contributed by atoms with Crippen molar-refractivity contribution in [2.75, 3.05) is 18.6 Å². The van der Waals surface area contributed by atoms with Crippen molar-refractivity contribution < 1.29 is 14.7 Å². The van der Waals surface area contributed by atoms with Gasteiger partial charge in [0.15, 0.2) is 0 Å². The number of carboxylic acids is 1. The molecular formula is C10H12IN3O3. The Morgan fingerprint density at radius 1 is 1.47 bits per heavy atom. The minimum absolute atomic E-state index is 0.312. The van der Waals surface area contributed by atoms with Gasteiger partial charge < -0.3 is 10.4 Å². The van der Waals surface area contributed by atoms with E-state index in [9.17, 15) is 9.59 Å². The Kier molecular flexibility index (Phi) is 5.01. The molecule has 6 nitrogen and oxygen atoms in total. The number of urea groups is 1. The number of nitrogens with zero attached hydrogens (tertiary/aromatic N) is 1. The van der Waals surface area contributed by atoms with Gasteiger partial charge in [-0.1, -0.05) is 6.07 Å². The second kappa shape index (κ2) is 6.28. The van der Waals surface area contributed by atoms with Crippen LogP contribution in [0.25, 0.3) is 0 Å². The maximum atomic E-state index is 11.2. The molecule has 1 aromatic carbocycles. The van der Waals surface area contributed by atoms with Crippen LogP contribution >= 0.6 is 22.6 Å². The minimum Gasteiger partial charge on any atom is -0.480 e. The van der Waals surface area contributed by atoms with Crippen LogP contribution in [0.5, 0.6) is 0 Å². The van der Waals surface area contributed by atoms with Gasteiger partial charge in [0, 0.05) is 10.6 Å². The SMILES string of the molecule is CNC(=O)NN(CC(=O)O)c1cccc(I)c1.